The lowest BCUT2D eigenvalue weighted by Crippen LogP contribution is -2.46. The molecule has 0 spiro atoms. The first-order valence-electron chi connectivity index (χ1n) is 9.18. The third-order valence-corrected chi connectivity index (χ3v) is 4.77. The first-order chi connectivity index (χ1) is 13.0. The van der Waals surface area contributed by atoms with Gasteiger partial charge in [-0.05, 0) is 38.0 Å². The molecule has 2 aliphatic rings. The van der Waals surface area contributed by atoms with E-state index in [2.05, 4.69) is 5.32 Å². The summed E-state index contributed by atoms with van der Waals surface area (Å²) in [5.41, 5.74) is 0.820. The predicted octanol–water partition coefficient (Wildman–Crippen LogP) is 1.69. The standard InChI is InChI=1S/C19H23N3O5/c1-2-27-19(26)21-10-8-14(9-11-21)20-18(25)13-4-3-5-15(12-13)22-16(23)6-7-17(22)24/h3-5,12,14H,2,6-11H2,1H3,(H,20,25). The van der Waals surface area contributed by atoms with E-state index in [1.807, 2.05) is 0 Å². The van der Waals surface area contributed by atoms with Crippen molar-refractivity contribution in [3.63, 3.8) is 0 Å². The Bertz CT molecular complexity index is 739. The van der Waals surface area contributed by atoms with E-state index in [1.54, 1.807) is 36.1 Å². The van der Waals surface area contributed by atoms with Crippen LogP contribution in [0.25, 0.3) is 0 Å². The zero-order valence-electron chi connectivity index (χ0n) is 15.3. The molecule has 2 saturated heterocycles. The number of anilines is 1. The molecule has 0 unspecified atom stereocenters. The number of hydrogen-bond acceptors (Lipinski definition) is 5. The maximum Gasteiger partial charge on any atom is 0.409 e. The van der Waals surface area contributed by atoms with Gasteiger partial charge in [0.05, 0.1) is 12.3 Å². The topological polar surface area (TPSA) is 96.0 Å². The molecule has 1 aromatic carbocycles. The van der Waals surface area contributed by atoms with Gasteiger partial charge in [0.15, 0.2) is 0 Å². The van der Waals surface area contributed by atoms with Gasteiger partial charge in [0, 0.05) is 37.5 Å². The Morgan fingerprint density at radius 3 is 2.44 bits per heavy atom. The van der Waals surface area contributed by atoms with E-state index in [0.717, 1.165) is 4.90 Å². The Balaban J connectivity index is 1.59. The number of nitrogens with zero attached hydrogens (tertiary/aromatic N) is 2. The molecule has 4 amide bonds. The summed E-state index contributed by atoms with van der Waals surface area (Å²) in [6.45, 7) is 3.16. The van der Waals surface area contributed by atoms with Crippen LogP contribution in [0, 0.1) is 0 Å². The molecule has 2 aliphatic heterocycles. The largest absolute Gasteiger partial charge is 0.450 e. The Kier molecular flexibility index (Phi) is 5.73. The van der Waals surface area contributed by atoms with E-state index in [4.69, 9.17) is 4.74 Å². The van der Waals surface area contributed by atoms with Crippen LogP contribution < -0.4 is 10.2 Å². The molecule has 3 rings (SSSR count). The molecule has 0 bridgehead atoms. The van der Waals surface area contributed by atoms with Gasteiger partial charge in [-0.2, -0.15) is 0 Å². The summed E-state index contributed by atoms with van der Waals surface area (Å²) < 4.78 is 4.99. The Morgan fingerprint density at radius 1 is 1.15 bits per heavy atom. The second-order valence-electron chi connectivity index (χ2n) is 6.61. The number of imide groups is 1. The third kappa shape index (κ3) is 4.27. The van der Waals surface area contributed by atoms with E-state index in [1.165, 1.54) is 0 Å². The molecule has 2 heterocycles. The first kappa shape index (κ1) is 18.9. The molecule has 0 aliphatic carbocycles. The Hall–Kier alpha value is -2.90. The lowest BCUT2D eigenvalue weighted by atomic mass is 10.0. The fourth-order valence-corrected chi connectivity index (χ4v) is 3.34. The first-order valence-corrected chi connectivity index (χ1v) is 9.18. The van der Waals surface area contributed by atoms with Gasteiger partial charge in [-0.1, -0.05) is 6.07 Å². The maximum atomic E-state index is 12.6. The molecule has 1 aromatic rings. The average molecular weight is 373 g/mol. The van der Waals surface area contributed by atoms with Gasteiger partial charge < -0.3 is 15.0 Å². The van der Waals surface area contributed by atoms with E-state index in [0.29, 0.717) is 43.8 Å². The highest BCUT2D eigenvalue weighted by atomic mass is 16.6. The second kappa shape index (κ2) is 8.20. The number of ether oxygens (including phenoxy) is 1. The number of carbonyl (C=O) groups excluding carboxylic acids is 4. The quantitative estimate of drug-likeness (QED) is 0.811. The molecule has 0 saturated carbocycles. The van der Waals surface area contributed by atoms with Gasteiger partial charge in [-0.15, -0.1) is 0 Å². The van der Waals surface area contributed by atoms with Crippen molar-refractivity contribution in [3.8, 4) is 0 Å². The van der Waals surface area contributed by atoms with Crippen LogP contribution in [-0.4, -0.2) is 54.5 Å². The third-order valence-electron chi connectivity index (χ3n) is 4.77. The van der Waals surface area contributed by atoms with Crippen LogP contribution >= 0.6 is 0 Å². The van der Waals surface area contributed by atoms with Gasteiger partial charge in [0.2, 0.25) is 11.8 Å². The minimum atomic E-state index is -0.324. The summed E-state index contributed by atoms with van der Waals surface area (Å²) >= 11 is 0. The van der Waals surface area contributed by atoms with Crippen molar-refractivity contribution in [2.45, 2.75) is 38.6 Å². The molecule has 1 N–H and O–H groups in total. The number of piperidine rings is 1. The summed E-state index contributed by atoms with van der Waals surface area (Å²) in [6, 6.07) is 6.48. The number of amides is 4. The molecule has 8 nitrogen and oxygen atoms in total. The van der Waals surface area contributed by atoms with Crippen molar-refractivity contribution in [1.82, 2.24) is 10.2 Å². The van der Waals surface area contributed by atoms with Crippen LogP contribution in [0.15, 0.2) is 24.3 Å². The normalized spacial score (nSPS) is 18.0. The number of benzene rings is 1. The van der Waals surface area contributed by atoms with E-state index in [-0.39, 0.29) is 42.7 Å². The highest BCUT2D eigenvalue weighted by Gasteiger charge is 2.31. The zero-order chi connectivity index (χ0) is 19.4. The van der Waals surface area contributed by atoms with Crippen molar-refractivity contribution >= 4 is 29.5 Å². The van der Waals surface area contributed by atoms with Crippen LogP contribution in [-0.2, 0) is 14.3 Å². The molecule has 0 atom stereocenters. The number of rotatable bonds is 4. The van der Waals surface area contributed by atoms with Gasteiger partial charge >= 0.3 is 6.09 Å². The lowest BCUT2D eigenvalue weighted by molar-refractivity contribution is -0.121. The summed E-state index contributed by atoms with van der Waals surface area (Å²) in [5.74, 6) is -0.752. The van der Waals surface area contributed by atoms with Crippen molar-refractivity contribution in [2.75, 3.05) is 24.6 Å². The summed E-state index contributed by atoms with van der Waals surface area (Å²) in [4.78, 5) is 50.8. The predicted molar refractivity (Wildman–Crippen MR) is 97.3 cm³/mol. The SMILES string of the molecule is CCOC(=O)N1CCC(NC(=O)c2cccc(N3C(=O)CCC3=O)c2)CC1. The molecule has 2 fully saturated rings. The van der Waals surface area contributed by atoms with Crippen molar-refractivity contribution in [1.29, 1.82) is 0 Å². The summed E-state index contributed by atoms with van der Waals surface area (Å²) in [6.07, 6.45) is 1.37. The molecule has 0 aromatic heterocycles. The molecule has 27 heavy (non-hydrogen) atoms. The average Bonchev–Trinajstić information content (AvgIpc) is 3.01. The van der Waals surface area contributed by atoms with E-state index in [9.17, 15) is 19.2 Å². The fourth-order valence-electron chi connectivity index (χ4n) is 3.34. The monoisotopic (exact) mass is 373 g/mol. The number of hydrogen-bond donors (Lipinski definition) is 1. The lowest BCUT2D eigenvalue weighted by Gasteiger charge is -2.31. The number of likely N-dealkylation sites (tertiary alicyclic amines) is 1. The molecular formula is C19H23N3O5. The van der Waals surface area contributed by atoms with Crippen molar-refractivity contribution < 1.29 is 23.9 Å². The summed E-state index contributed by atoms with van der Waals surface area (Å²) in [5, 5.41) is 2.96. The minimum absolute atomic E-state index is 0.0399. The van der Waals surface area contributed by atoms with Crippen LogP contribution in [0.1, 0.15) is 43.0 Å². The fraction of sp³-hybridized carbons (Fsp3) is 0.474. The Morgan fingerprint density at radius 2 is 1.81 bits per heavy atom. The second-order valence-corrected chi connectivity index (χ2v) is 6.61. The smallest absolute Gasteiger partial charge is 0.409 e. The van der Waals surface area contributed by atoms with Crippen molar-refractivity contribution in [2.24, 2.45) is 0 Å². The molecular weight excluding hydrogens is 350 g/mol. The van der Waals surface area contributed by atoms with Crippen molar-refractivity contribution in [3.05, 3.63) is 29.8 Å². The number of nitrogens with one attached hydrogen (secondary N) is 1. The van der Waals surface area contributed by atoms with Gasteiger partial charge in [0.1, 0.15) is 0 Å². The molecule has 0 radical (unpaired) electrons. The Labute approximate surface area is 157 Å². The van der Waals surface area contributed by atoms with Gasteiger partial charge in [-0.25, -0.2) is 4.79 Å². The highest BCUT2D eigenvalue weighted by molar-refractivity contribution is 6.20. The van der Waals surface area contributed by atoms with Crippen LogP contribution in [0.2, 0.25) is 0 Å². The van der Waals surface area contributed by atoms with Crippen LogP contribution in [0.4, 0.5) is 10.5 Å². The van der Waals surface area contributed by atoms with Gasteiger partial charge in [-0.3, -0.25) is 19.3 Å². The molecule has 144 valence electrons. The van der Waals surface area contributed by atoms with Gasteiger partial charge in [0.25, 0.3) is 5.91 Å². The summed E-state index contributed by atoms with van der Waals surface area (Å²) in [7, 11) is 0. The maximum absolute atomic E-state index is 12.6. The van der Waals surface area contributed by atoms with Crippen LogP contribution in [0.5, 0.6) is 0 Å². The number of carbonyl (C=O) groups is 4. The highest BCUT2D eigenvalue weighted by Crippen LogP contribution is 2.23. The minimum Gasteiger partial charge on any atom is -0.450 e. The molecule has 8 heteroatoms. The van der Waals surface area contributed by atoms with E-state index >= 15 is 0 Å². The van der Waals surface area contributed by atoms with Crippen LogP contribution in [0.3, 0.4) is 0 Å². The van der Waals surface area contributed by atoms with E-state index < -0.39 is 0 Å². The zero-order valence-corrected chi connectivity index (χ0v) is 15.3.